The number of rotatable bonds is 8. The maximum Gasteiger partial charge on any atom is 0.250 e. The van der Waals surface area contributed by atoms with Crippen LogP contribution in [0.2, 0.25) is 0 Å². The fourth-order valence-corrected chi connectivity index (χ4v) is 4.77. The monoisotopic (exact) mass is 423 g/mol. The lowest BCUT2D eigenvalue weighted by molar-refractivity contribution is -0.128. The molecule has 1 aromatic carbocycles. The van der Waals surface area contributed by atoms with Gasteiger partial charge in [0.25, 0.3) is 5.91 Å². The van der Waals surface area contributed by atoms with Crippen LogP contribution >= 0.6 is 0 Å². The van der Waals surface area contributed by atoms with Crippen LogP contribution in [0.3, 0.4) is 0 Å². The molecule has 2 aliphatic heterocycles. The number of carbonyl (C=O) groups excluding carboxylic acids is 2. The van der Waals surface area contributed by atoms with Crippen LogP contribution in [0, 0.1) is 0 Å². The number of piperidine rings is 1. The maximum atomic E-state index is 13.4. The topological polar surface area (TPSA) is 70.5 Å². The van der Waals surface area contributed by atoms with Crippen LogP contribution in [-0.4, -0.2) is 58.5 Å². The standard InChI is InChI=1S/C24H33N5O2/c1-19-7-4-5-13-27(19)14-6-11-26-23(30)17-22(28-16-12-25-18-28)24(31)29-15-10-20-8-2-3-9-21(20)29/h2-3,8-9,12,16,18-19,22H,4-7,10-11,13-15,17H2,1H3,(H,26,30)/t19-,22-/m0/s1. The summed E-state index contributed by atoms with van der Waals surface area (Å²) in [5.74, 6) is -0.147. The van der Waals surface area contributed by atoms with Gasteiger partial charge in [0.2, 0.25) is 5.91 Å². The second-order valence-corrected chi connectivity index (χ2v) is 8.68. The summed E-state index contributed by atoms with van der Waals surface area (Å²) in [5, 5.41) is 3.02. The number of imidazole rings is 1. The molecule has 1 fully saturated rings. The van der Waals surface area contributed by atoms with Crippen molar-refractivity contribution in [3.63, 3.8) is 0 Å². The zero-order chi connectivity index (χ0) is 21.6. The summed E-state index contributed by atoms with van der Waals surface area (Å²) in [6, 6.07) is 8.04. The second kappa shape index (κ2) is 10.1. The van der Waals surface area contributed by atoms with E-state index in [1.807, 2.05) is 23.1 Å². The number of likely N-dealkylation sites (tertiary alicyclic amines) is 1. The third kappa shape index (κ3) is 5.15. The molecule has 0 saturated carbocycles. The first-order valence-electron chi connectivity index (χ1n) is 11.5. The Morgan fingerprint density at radius 3 is 2.90 bits per heavy atom. The normalized spacial score (nSPS) is 19.8. The molecule has 2 aromatic rings. The summed E-state index contributed by atoms with van der Waals surface area (Å²) in [5.41, 5.74) is 2.13. The van der Waals surface area contributed by atoms with Gasteiger partial charge in [0.1, 0.15) is 6.04 Å². The number of hydrogen-bond donors (Lipinski definition) is 1. The Balaban J connectivity index is 1.33. The van der Waals surface area contributed by atoms with E-state index in [2.05, 4.69) is 28.2 Å². The van der Waals surface area contributed by atoms with Gasteiger partial charge in [-0.05, 0) is 50.8 Å². The Morgan fingerprint density at radius 2 is 2.10 bits per heavy atom. The van der Waals surface area contributed by atoms with Crippen molar-refractivity contribution < 1.29 is 9.59 Å². The van der Waals surface area contributed by atoms with Gasteiger partial charge in [-0.15, -0.1) is 0 Å². The van der Waals surface area contributed by atoms with Gasteiger partial charge in [0.05, 0.1) is 12.7 Å². The minimum Gasteiger partial charge on any atom is -0.356 e. The Bertz CT molecular complexity index is 882. The van der Waals surface area contributed by atoms with Crippen molar-refractivity contribution in [1.29, 1.82) is 0 Å². The average molecular weight is 424 g/mol. The van der Waals surface area contributed by atoms with E-state index in [-0.39, 0.29) is 18.2 Å². The van der Waals surface area contributed by atoms with Crippen molar-refractivity contribution in [2.24, 2.45) is 0 Å². The highest BCUT2D eigenvalue weighted by Crippen LogP contribution is 2.30. The molecule has 7 nitrogen and oxygen atoms in total. The van der Waals surface area contributed by atoms with Crippen molar-refractivity contribution in [3.8, 4) is 0 Å². The van der Waals surface area contributed by atoms with Gasteiger partial charge in [-0.25, -0.2) is 4.98 Å². The largest absolute Gasteiger partial charge is 0.356 e. The SMILES string of the molecule is C[C@H]1CCCCN1CCCNC(=O)C[C@@H](C(=O)N1CCc2ccccc21)n1ccnc1. The molecule has 0 bridgehead atoms. The van der Waals surface area contributed by atoms with Crippen LogP contribution in [0.4, 0.5) is 5.69 Å². The van der Waals surface area contributed by atoms with Gasteiger partial charge >= 0.3 is 0 Å². The van der Waals surface area contributed by atoms with Crippen molar-refractivity contribution in [1.82, 2.24) is 19.8 Å². The average Bonchev–Trinajstić information content (AvgIpc) is 3.46. The van der Waals surface area contributed by atoms with E-state index in [0.29, 0.717) is 19.1 Å². The number of benzene rings is 1. The first-order valence-corrected chi connectivity index (χ1v) is 11.5. The first kappa shape index (κ1) is 21.6. The molecular formula is C24H33N5O2. The number of fused-ring (bicyclic) bond motifs is 1. The molecule has 1 N–H and O–H groups in total. The molecule has 1 aromatic heterocycles. The summed E-state index contributed by atoms with van der Waals surface area (Å²) in [6.07, 6.45) is 10.8. The lowest BCUT2D eigenvalue weighted by atomic mass is 10.0. The predicted octanol–water partition coefficient (Wildman–Crippen LogP) is 2.78. The van der Waals surface area contributed by atoms with Crippen molar-refractivity contribution in [2.75, 3.05) is 31.1 Å². The van der Waals surface area contributed by atoms with Crippen LogP contribution in [0.25, 0.3) is 0 Å². The fraction of sp³-hybridized carbons (Fsp3) is 0.542. The molecule has 1 saturated heterocycles. The zero-order valence-electron chi connectivity index (χ0n) is 18.4. The van der Waals surface area contributed by atoms with E-state index in [4.69, 9.17) is 0 Å². The molecule has 0 radical (unpaired) electrons. The number of carbonyl (C=O) groups is 2. The van der Waals surface area contributed by atoms with Gasteiger partial charge in [-0.1, -0.05) is 24.6 Å². The molecular weight excluding hydrogens is 390 g/mol. The highest BCUT2D eigenvalue weighted by molar-refractivity contribution is 6.00. The van der Waals surface area contributed by atoms with E-state index < -0.39 is 6.04 Å². The molecule has 31 heavy (non-hydrogen) atoms. The number of para-hydroxylation sites is 1. The van der Waals surface area contributed by atoms with Crippen molar-refractivity contribution in [3.05, 3.63) is 48.5 Å². The van der Waals surface area contributed by atoms with Crippen LogP contribution in [0.5, 0.6) is 0 Å². The Morgan fingerprint density at radius 1 is 1.23 bits per heavy atom. The maximum absolute atomic E-state index is 13.4. The van der Waals surface area contributed by atoms with Crippen molar-refractivity contribution in [2.45, 2.75) is 57.5 Å². The molecule has 7 heteroatoms. The Hall–Kier alpha value is -2.67. The van der Waals surface area contributed by atoms with E-state index in [9.17, 15) is 9.59 Å². The van der Waals surface area contributed by atoms with Crippen LogP contribution in [0.1, 0.15) is 50.6 Å². The highest BCUT2D eigenvalue weighted by Gasteiger charge is 2.32. The lowest BCUT2D eigenvalue weighted by Crippen LogP contribution is -2.40. The molecule has 4 rings (SSSR count). The van der Waals surface area contributed by atoms with Gasteiger partial charge in [0, 0.05) is 43.8 Å². The molecule has 3 heterocycles. The molecule has 2 atom stereocenters. The van der Waals surface area contributed by atoms with E-state index in [1.165, 1.54) is 24.8 Å². The molecule has 0 aliphatic carbocycles. The fourth-order valence-electron chi connectivity index (χ4n) is 4.77. The van der Waals surface area contributed by atoms with Crippen LogP contribution in [-0.2, 0) is 16.0 Å². The summed E-state index contributed by atoms with van der Waals surface area (Å²) in [6.45, 7) is 5.74. The van der Waals surface area contributed by atoms with Crippen molar-refractivity contribution >= 4 is 17.5 Å². The second-order valence-electron chi connectivity index (χ2n) is 8.68. The summed E-state index contributed by atoms with van der Waals surface area (Å²) in [4.78, 5) is 34.5. The smallest absolute Gasteiger partial charge is 0.250 e. The van der Waals surface area contributed by atoms with Gasteiger partial charge in [-0.3, -0.25) is 9.59 Å². The molecule has 0 spiro atoms. The minimum absolute atomic E-state index is 0.0553. The molecule has 0 unspecified atom stereocenters. The van der Waals surface area contributed by atoms with Gasteiger partial charge < -0.3 is 19.7 Å². The predicted molar refractivity (Wildman–Crippen MR) is 121 cm³/mol. The summed E-state index contributed by atoms with van der Waals surface area (Å²) < 4.78 is 1.75. The minimum atomic E-state index is -0.587. The van der Waals surface area contributed by atoms with Gasteiger partial charge in [-0.2, -0.15) is 0 Å². The molecule has 2 amide bonds. The number of amides is 2. The van der Waals surface area contributed by atoms with E-state index >= 15 is 0 Å². The number of anilines is 1. The van der Waals surface area contributed by atoms with Crippen LogP contribution in [0.15, 0.2) is 43.0 Å². The number of nitrogens with one attached hydrogen (secondary N) is 1. The highest BCUT2D eigenvalue weighted by atomic mass is 16.2. The number of nitrogens with zero attached hydrogens (tertiary/aromatic N) is 4. The van der Waals surface area contributed by atoms with Crippen LogP contribution < -0.4 is 10.2 Å². The Labute approximate surface area is 184 Å². The lowest BCUT2D eigenvalue weighted by Gasteiger charge is -2.33. The van der Waals surface area contributed by atoms with E-state index in [1.54, 1.807) is 23.3 Å². The number of hydrogen-bond acceptors (Lipinski definition) is 4. The quantitative estimate of drug-likeness (QED) is 0.663. The summed E-state index contributed by atoms with van der Waals surface area (Å²) >= 11 is 0. The first-order chi connectivity index (χ1) is 15.1. The zero-order valence-corrected chi connectivity index (χ0v) is 18.4. The third-order valence-electron chi connectivity index (χ3n) is 6.59. The third-order valence-corrected chi connectivity index (χ3v) is 6.59. The van der Waals surface area contributed by atoms with E-state index in [0.717, 1.165) is 31.6 Å². The Kier molecular flexibility index (Phi) is 7.02. The number of aromatic nitrogens is 2. The summed E-state index contributed by atoms with van der Waals surface area (Å²) in [7, 11) is 0. The molecule has 166 valence electrons. The molecule has 2 aliphatic rings. The van der Waals surface area contributed by atoms with Gasteiger partial charge in [0.15, 0.2) is 0 Å².